The molecular weight excluding hydrogens is 395 g/mol. The van der Waals surface area contributed by atoms with Crippen molar-refractivity contribution in [1.29, 1.82) is 0 Å². The largest absolute Gasteiger partial charge is 0.342 e. The highest BCUT2D eigenvalue weighted by Crippen LogP contribution is 2.28. The second-order valence-corrected chi connectivity index (χ2v) is 8.20. The fraction of sp³-hybridized carbons (Fsp3) is 0.400. The fourth-order valence-corrected chi connectivity index (χ4v) is 4.39. The summed E-state index contributed by atoms with van der Waals surface area (Å²) >= 11 is 1.37. The average Bonchev–Trinajstić information content (AvgIpc) is 3.38. The molecule has 4 rings (SSSR count). The van der Waals surface area contributed by atoms with E-state index in [-0.39, 0.29) is 35.9 Å². The molecule has 0 saturated carbocycles. The van der Waals surface area contributed by atoms with E-state index in [4.69, 9.17) is 0 Å². The Hall–Kier alpha value is -2.81. The summed E-state index contributed by atoms with van der Waals surface area (Å²) in [4.78, 5) is 44.9. The van der Waals surface area contributed by atoms with Gasteiger partial charge in [-0.25, -0.2) is 9.37 Å². The van der Waals surface area contributed by atoms with Gasteiger partial charge in [0.25, 0.3) is 0 Å². The minimum Gasteiger partial charge on any atom is -0.342 e. The normalized spacial score (nSPS) is 20.2. The zero-order valence-electron chi connectivity index (χ0n) is 15.7. The van der Waals surface area contributed by atoms with Crippen molar-refractivity contribution in [3.63, 3.8) is 0 Å². The standard InChI is InChI=1S/C20H21FN4O3S/c21-15-1-3-16(4-2-15)25-12-14(11-17(25)26)19(28)24-8-5-13(6-9-24)18(27)23-20-22-7-10-29-20/h1-4,7,10,13-14H,5-6,8-9,11-12H2,(H,22,23,27). The van der Waals surface area contributed by atoms with Crippen LogP contribution >= 0.6 is 11.3 Å². The first-order valence-corrected chi connectivity index (χ1v) is 10.4. The lowest BCUT2D eigenvalue weighted by Gasteiger charge is -2.32. The molecule has 1 aromatic carbocycles. The van der Waals surface area contributed by atoms with E-state index in [1.54, 1.807) is 28.6 Å². The van der Waals surface area contributed by atoms with Crippen LogP contribution in [-0.2, 0) is 14.4 Å². The van der Waals surface area contributed by atoms with Crippen LogP contribution in [-0.4, -0.2) is 47.2 Å². The number of nitrogens with zero attached hydrogens (tertiary/aromatic N) is 3. The van der Waals surface area contributed by atoms with Gasteiger partial charge >= 0.3 is 0 Å². The summed E-state index contributed by atoms with van der Waals surface area (Å²) in [7, 11) is 0. The van der Waals surface area contributed by atoms with Crippen molar-refractivity contribution in [2.75, 3.05) is 29.9 Å². The Balaban J connectivity index is 1.31. The topological polar surface area (TPSA) is 82.6 Å². The van der Waals surface area contributed by atoms with Crippen LogP contribution < -0.4 is 10.2 Å². The summed E-state index contributed by atoms with van der Waals surface area (Å²) in [5, 5.41) is 5.19. The molecule has 2 aliphatic heterocycles. The third-order valence-electron chi connectivity index (χ3n) is 5.45. The molecule has 3 heterocycles. The Kier molecular flexibility index (Phi) is 5.57. The summed E-state index contributed by atoms with van der Waals surface area (Å²) < 4.78 is 13.1. The molecule has 7 nitrogen and oxygen atoms in total. The number of anilines is 2. The molecule has 29 heavy (non-hydrogen) atoms. The Morgan fingerprint density at radius 2 is 1.86 bits per heavy atom. The predicted octanol–water partition coefficient (Wildman–Crippen LogP) is 2.51. The van der Waals surface area contributed by atoms with Crippen molar-refractivity contribution in [3.05, 3.63) is 41.7 Å². The Morgan fingerprint density at radius 3 is 2.52 bits per heavy atom. The number of piperidine rings is 1. The minimum absolute atomic E-state index is 0.0539. The third kappa shape index (κ3) is 4.29. The molecule has 1 aromatic heterocycles. The average molecular weight is 416 g/mol. The number of hydrogen-bond acceptors (Lipinski definition) is 5. The van der Waals surface area contributed by atoms with E-state index in [1.165, 1.54) is 28.4 Å². The Morgan fingerprint density at radius 1 is 1.14 bits per heavy atom. The number of aromatic nitrogens is 1. The molecule has 0 bridgehead atoms. The van der Waals surface area contributed by atoms with Crippen LogP contribution in [0.15, 0.2) is 35.8 Å². The molecule has 1 atom stereocenters. The predicted molar refractivity (Wildman–Crippen MR) is 107 cm³/mol. The molecule has 0 spiro atoms. The van der Waals surface area contributed by atoms with Gasteiger partial charge in [-0.1, -0.05) is 0 Å². The molecule has 0 aliphatic carbocycles. The molecule has 2 saturated heterocycles. The molecule has 2 aromatic rings. The molecule has 9 heteroatoms. The van der Waals surface area contributed by atoms with Crippen molar-refractivity contribution in [1.82, 2.24) is 9.88 Å². The molecule has 0 radical (unpaired) electrons. The number of carbonyl (C=O) groups excluding carboxylic acids is 3. The summed E-state index contributed by atoms with van der Waals surface area (Å²) in [6, 6.07) is 5.71. The zero-order chi connectivity index (χ0) is 20.4. The number of likely N-dealkylation sites (tertiary alicyclic amines) is 1. The van der Waals surface area contributed by atoms with Crippen molar-refractivity contribution < 1.29 is 18.8 Å². The van der Waals surface area contributed by atoms with Gasteiger partial charge in [0, 0.05) is 49.2 Å². The van der Waals surface area contributed by atoms with Gasteiger partial charge in [0.1, 0.15) is 5.82 Å². The van der Waals surface area contributed by atoms with E-state index in [0.717, 1.165) is 0 Å². The van der Waals surface area contributed by atoms with Crippen molar-refractivity contribution in [3.8, 4) is 0 Å². The monoisotopic (exact) mass is 416 g/mol. The quantitative estimate of drug-likeness (QED) is 0.830. The van der Waals surface area contributed by atoms with Gasteiger partial charge in [0.05, 0.1) is 5.92 Å². The van der Waals surface area contributed by atoms with Crippen molar-refractivity contribution >= 4 is 39.9 Å². The van der Waals surface area contributed by atoms with Crippen LogP contribution in [0.25, 0.3) is 0 Å². The van der Waals surface area contributed by atoms with E-state index in [0.29, 0.717) is 43.3 Å². The lowest BCUT2D eigenvalue weighted by Crippen LogP contribution is -2.44. The lowest BCUT2D eigenvalue weighted by atomic mass is 9.94. The van der Waals surface area contributed by atoms with Crippen LogP contribution in [0.1, 0.15) is 19.3 Å². The number of rotatable bonds is 4. The van der Waals surface area contributed by atoms with Crippen LogP contribution in [0, 0.1) is 17.7 Å². The van der Waals surface area contributed by atoms with Gasteiger partial charge in [0.15, 0.2) is 5.13 Å². The number of nitrogens with one attached hydrogen (secondary N) is 1. The van der Waals surface area contributed by atoms with Gasteiger partial charge in [-0.2, -0.15) is 0 Å². The van der Waals surface area contributed by atoms with E-state index >= 15 is 0 Å². The van der Waals surface area contributed by atoms with Crippen LogP contribution in [0.4, 0.5) is 15.2 Å². The highest BCUT2D eigenvalue weighted by atomic mass is 32.1. The number of hydrogen-bond donors (Lipinski definition) is 1. The zero-order valence-corrected chi connectivity index (χ0v) is 16.5. The first-order chi connectivity index (χ1) is 14.0. The first kappa shape index (κ1) is 19.5. The number of amides is 3. The van der Waals surface area contributed by atoms with Gasteiger partial charge in [-0.15, -0.1) is 11.3 Å². The van der Waals surface area contributed by atoms with Crippen molar-refractivity contribution in [2.45, 2.75) is 19.3 Å². The van der Waals surface area contributed by atoms with Crippen molar-refractivity contribution in [2.24, 2.45) is 11.8 Å². The maximum Gasteiger partial charge on any atom is 0.229 e. The van der Waals surface area contributed by atoms with Gasteiger partial charge < -0.3 is 15.1 Å². The maximum atomic E-state index is 13.1. The lowest BCUT2D eigenvalue weighted by molar-refractivity contribution is -0.138. The van der Waals surface area contributed by atoms with Gasteiger partial charge in [0.2, 0.25) is 17.7 Å². The number of benzene rings is 1. The van der Waals surface area contributed by atoms with E-state index in [2.05, 4.69) is 10.3 Å². The molecular formula is C20H21FN4O3S. The third-order valence-corrected chi connectivity index (χ3v) is 6.14. The van der Waals surface area contributed by atoms with Crippen LogP contribution in [0.5, 0.6) is 0 Å². The Labute approximate surface area is 171 Å². The molecule has 3 amide bonds. The van der Waals surface area contributed by atoms with Crippen LogP contribution in [0.3, 0.4) is 0 Å². The van der Waals surface area contributed by atoms with E-state index < -0.39 is 5.92 Å². The molecule has 152 valence electrons. The molecule has 1 unspecified atom stereocenters. The number of thiazole rings is 1. The summed E-state index contributed by atoms with van der Waals surface area (Å²) in [5.41, 5.74) is 0.601. The summed E-state index contributed by atoms with van der Waals surface area (Å²) in [6.45, 7) is 1.29. The maximum absolute atomic E-state index is 13.1. The fourth-order valence-electron chi connectivity index (χ4n) is 3.86. The van der Waals surface area contributed by atoms with Crippen LogP contribution in [0.2, 0.25) is 0 Å². The Bertz CT molecular complexity index is 895. The van der Waals surface area contributed by atoms with Gasteiger partial charge in [-0.3, -0.25) is 14.4 Å². The molecule has 2 aliphatic rings. The molecule has 2 fully saturated rings. The second-order valence-electron chi connectivity index (χ2n) is 7.31. The smallest absolute Gasteiger partial charge is 0.229 e. The van der Waals surface area contributed by atoms with E-state index in [1.807, 2.05) is 0 Å². The minimum atomic E-state index is -0.409. The first-order valence-electron chi connectivity index (χ1n) is 9.56. The van der Waals surface area contributed by atoms with E-state index in [9.17, 15) is 18.8 Å². The SMILES string of the molecule is O=C(Nc1nccs1)C1CCN(C(=O)C2CC(=O)N(c3ccc(F)cc3)C2)CC1. The number of carbonyl (C=O) groups is 3. The second kappa shape index (κ2) is 8.28. The van der Waals surface area contributed by atoms with Gasteiger partial charge in [-0.05, 0) is 37.1 Å². The highest BCUT2D eigenvalue weighted by molar-refractivity contribution is 7.13. The molecule has 1 N–H and O–H groups in total. The summed E-state index contributed by atoms with van der Waals surface area (Å²) in [6.07, 6.45) is 2.97. The highest BCUT2D eigenvalue weighted by Gasteiger charge is 2.38. The summed E-state index contributed by atoms with van der Waals surface area (Å²) in [5.74, 6) is -1.17. The number of halogens is 1.